The van der Waals surface area contributed by atoms with Gasteiger partial charge in [-0.1, -0.05) is 6.58 Å². The summed E-state index contributed by atoms with van der Waals surface area (Å²) in [5.74, 6) is 0.686. The zero-order valence-electron chi connectivity index (χ0n) is 7.18. The maximum atomic E-state index is 10.8. The minimum atomic E-state index is -0.469. The summed E-state index contributed by atoms with van der Waals surface area (Å²) in [6.45, 7) is 7.20. The third-order valence-corrected chi connectivity index (χ3v) is 1.60. The molecule has 1 heterocycles. The van der Waals surface area contributed by atoms with Crippen LogP contribution in [0.4, 0.5) is 0 Å². The van der Waals surface area contributed by atoms with Crippen LogP contribution in [0.25, 0.3) is 5.57 Å². The molecule has 0 aliphatic rings. The van der Waals surface area contributed by atoms with Crippen molar-refractivity contribution in [2.24, 2.45) is 5.73 Å². The van der Waals surface area contributed by atoms with Gasteiger partial charge in [-0.25, -0.2) is 0 Å². The van der Waals surface area contributed by atoms with Gasteiger partial charge in [0.1, 0.15) is 11.5 Å². The first-order valence-corrected chi connectivity index (χ1v) is 3.58. The Morgan fingerprint density at radius 1 is 1.67 bits per heavy atom. The van der Waals surface area contributed by atoms with Gasteiger partial charge in [0.25, 0.3) is 5.91 Å². The Morgan fingerprint density at radius 3 is 2.50 bits per heavy atom. The molecule has 0 saturated heterocycles. The number of furan rings is 1. The van der Waals surface area contributed by atoms with E-state index in [2.05, 4.69) is 6.58 Å². The molecule has 1 rings (SSSR count). The number of primary amides is 1. The summed E-state index contributed by atoms with van der Waals surface area (Å²) in [5.41, 5.74) is 6.31. The lowest BCUT2D eigenvalue weighted by Crippen LogP contribution is -2.10. The minimum absolute atomic E-state index is 0.424. The van der Waals surface area contributed by atoms with Crippen LogP contribution in [0.3, 0.4) is 0 Å². The molecule has 1 aromatic rings. The zero-order chi connectivity index (χ0) is 9.30. The summed E-state index contributed by atoms with van der Waals surface area (Å²) in [6.07, 6.45) is 0. The van der Waals surface area contributed by atoms with Gasteiger partial charge >= 0.3 is 0 Å². The maximum Gasteiger partial charge on any atom is 0.252 e. The van der Waals surface area contributed by atoms with Crippen molar-refractivity contribution in [3.8, 4) is 0 Å². The van der Waals surface area contributed by atoms with Crippen LogP contribution >= 0.6 is 0 Å². The first kappa shape index (κ1) is 8.59. The van der Waals surface area contributed by atoms with Crippen LogP contribution in [0.2, 0.25) is 0 Å². The number of hydrogen-bond donors (Lipinski definition) is 1. The number of nitrogens with two attached hydrogens (primary N) is 1. The summed E-state index contributed by atoms with van der Waals surface area (Å²) in [6, 6.07) is 1.61. The molecule has 0 spiro atoms. The van der Waals surface area contributed by atoms with Crippen LogP contribution in [0.5, 0.6) is 0 Å². The topological polar surface area (TPSA) is 56.2 Å². The highest BCUT2D eigenvalue weighted by Gasteiger charge is 2.11. The van der Waals surface area contributed by atoms with E-state index in [4.69, 9.17) is 10.2 Å². The molecule has 0 fully saturated rings. The Balaban J connectivity index is 3.17. The van der Waals surface area contributed by atoms with Gasteiger partial charge in [-0.05, 0) is 25.5 Å². The average Bonchev–Trinajstić information content (AvgIpc) is 2.30. The monoisotopic (exact) mass is 165 g/mol. The van der Waals surface area contributed by atoms with Gasteiger partial charge in [-0.15, -0.1) is 0 Å². The van der Waals surface area contributed by atoms with E-state index in [1.165, 1.54) is 0 Å². The van der Waals surface area contributed by atoms with Crippen molar-refractivity contribution < 1.29 is 9.21 Å². The van der Waals surface area contributed by atoms with Crippen molar-refractivity contribution in [3.05, 3.63) is 29.7 Å². The number of hydrogen-bond acceptors (Lipinski definition) is 2. The van der Waals surface area contributed by atoms with E-state index in [1.807, 2.05) is 6.92 Å². The molecule has 12 heavy (non-hydrogen) atoms. The quantitative estimate of drug-likeness (QED) is 0.725. The van der Waals surface area contributed by atoms with Crippen molar-refractivity contribution in [1.29, 1.82) is 0 Å². The Morgan fingerprint density at radius 2 is 2.25 bits per heavy atom. The van der Waals surface area contributed by atoms with Crippen molar-refractivity contribution >= 4 is 11.5 Å². The Kier molecular flexibility index (Phi) is 2.04. The molecule has 0 atom stereocenters. The van der Waals surface area contributed by atoms with Gasteiger partial charge in [0.05, 0.1) is 5.56 Å². The van der Waals surface area contributed by atoms with Crippen molar-refractivity contribution in [2.75, 3.05) is 0 Å². The standard InChI is InChI=1S/C9H11NO2/c1-5(2)8-4-7(9(10)11)6(3)12-8/h4H,1H2,2-3H3,(H2,10,11). The van der Waals surface area contributed by atoms with Crippen molar-refractivity contribution in [3.63, 3.8) is 0 Å². The van der Waals surface area contributed by atoms with Gasteiger partial charge in [0.15, 0.2) is 0 Å². The van der Waals surface area contributed by atoms with Gasteiger partial charge in [-0.3, -0.25) is 4.79 Å². The fourth-order valence-electron chi connectivity index (χ4n) is 0.937. The predicted octanol–water partition coefficient (Wildman–Crippen LogP) is 1.72. The van der Waals surface area contributed by atoms with E-state index in [1.54, 1.807) is 13.0 Å². The van der Waals surface area contributed by atoms with Crippen LogP contribution in [-0.4, -0.2) is 5.91 Å². The van der Waals surface area contributed by atoms with Gasteiger partial charge in [0.2, 0.25) is 0 Å². The molecule has 0 aliphatic carbocycles. The lowest BCUT2D eigenvalue weighted by molar-refractivity contribution is 0.0999. The van der Waals surface area contributed by atoms with E-state index < -0.39 is 5.91 Å². The normalized spacial score (nSPS) is 9.83. The molecule has 1 aromatic heterocycles. The summed E-state index contributed by atoms with van der Waals surface area (Å²) in [7, 11) is 0. The van der Waals surface area contributed by atoms with Crippen molar-refractivity contribution in [2.45, 2.75) is 13.8 Å². The van der Waals surface area contributed by atoms with Gasteiger partial charge < -0.3 is 10.2 Å². The molecular weight excluding hydrogens is 154 g/mol. The number of aryl methyl sites for hydroxylation is 1. The SMILES string of the molecule is C=C(C)c1cc(C(N)=O)c(C)o1. The van der Waals surface area contributed by atoms with Gasteiger partial charge in [0, 0.05) is 0 Å². The second-order valence-corrected chi connectivity index (χ2v) is 2.73. The number of allylic oxidation sites excluding steroid dienone is 1. The maximum absolute atomic E-state index is 10.8. The second-order valence-electron chi connectivity index (χ2n) is 2.73. The molecule has 2 N–H and O–H groups in total. The third-order valence-electron chi connectivity index (χ3n) is 1.60. The molecule has 0 bridgehead atoms. The van der Waals surface area contributed by atoms with Crippen LogP contribution in [0.15, 0.2) is 17.1 Å². The zero-order valence-corrected chi connectivity index (χ0v) is 7.18. The molecule has 3 heteroatoms. The largest absolute Gasteiger partial charge is 0.461 e. The molecule has 3 nitrogen and oxygen atoms in total. The van der Waals surface area contributed by atoms with E-state index >= 15 is 0 Å². The Hall–Kier alpha value is -1.51. The summed E-state index contributed by atoms with van der Waals surface area (Å²) < 4.78 is 5.24. The number of carbonyl (C=O) groups excluding carboxylic acids is 1. The molecule has 0 radical (unpaired) electrons. The van der Waals surface area contributed by atoms with Crippen LogP contribution in [-0.2, 0) is 0 Å². The fourth-order valence-corrected chi connectivity index (χ4v) is 0.937. The van der Waals surface area contributed by atoms with Crippen LogP contribution in [0, 0.1) is 6.92 Å². The summed E-state index contributed by atoms with van der Waals surface area (Å²) in [5, 5.41) is 0. The fraction of sp³-hybridized carbons (Fsp3) is 0.222. The predicted molar refractivity (Wildman–Crippen MR) is 46.7 cm³/mol. The molecule has 0 saturated carbocycles. The highest BCUT2D eigenvalue weighted by molar-refractivity contribution is 5.94. The Bertz CT molecular complexity index is 336. The smallest absolute Gasteiger partial charge is 0.252 e. The lowest BCUT2D eigenvalue weighted by Gasteiger charge is -1.88. The highest BCUT2D eigenvalue weighted by Crippen LogP contribution is 2.19. The van der Waals surface area contributed by atoms with Gasteiger partial charge in [-0.2, -0.15) is 0 Å². The molecule has 0 aliphatic heterocycles. The van der Waals surface area contributed by atoms with E-state index in [-0.39, 0.29) is 0 Å². The minimum Gasteiger partial charge on any atom is -0.461 e. The first-order chi connectivity index (χ1) is 5.52. The first-order valence-electron chi connectivity index (χ1n) is 3.58. The molecule has 64 valence electrons. The van der Waals surface area contributed by atoms with Crippen molar-refractivity contribution in [1.82, 2.24) is 0 Å². The van der Waals surface area contributed by atoms with Crippen LogP contribution < -0.4 is 5.73 Å². The van der Waals surface area contributed by atoms with Crippen LogP contribution in [0.1, 0.15) is 28.8 Å². The molecular formula is C9H11NO2. The summed E-state index contributed by atoms with van der Waals surface area (Å²) in [4.78, 5) is 10.8. The summed E-state index contributed by atoms with van der Waals surface area (Å²) >= 11 is 0. The van der Waals surface area contributed by atoms with E-state index in [0.29, 0.717) is 17.1 Å². The number of carbonyl (C=O) groups is 1. The second kappa shape index (κ2) is 2.85. The lowest BCUT2D eigenvalue weighted by atomic mass is 10.2. The molecule has 0 aromatic carbocycles. The third kappa shape index (κ3) is 1.39. The van der Waals surface area contributed by atoms with E-state index in [9.17, 15) is 4.79 Å². The Labute approximate surface area is 70.9 Å². The molecule has 0 unspecified atom stereocenters. The highest BCUT2D eigenvalue weighted by atomic mass is 16.3. The molecule has 1 amide bonds. The number of amides is 1. The van der Waals surface area contributed by atoms with E-state index in [0.717, 1.165) is 5.57 Å². The average molecular weight is 165 g/mol. The number of rotatable bonds is 2.